The SMILES string of the molecule is COc1ccc(CN(C(=O)Cc2ccc(OC)c(OC)c2)C(C)C(=O)NCc2ccccc2OC)cc1. The molecule has 196 valence electrons. The summed E-state index contributed by atoms with van der Waals surface area (Å²) in [5.41, 5.74) is 2.48. The first-order valence-corrected chi connectivity index (χ1v) is 11.9. The van der Waals surface area contributed by atoms with E-state index in [9.17, 15) is 9.59 Å². The Bertz CT molecular complexity index is 1200. The van der Waals surface area contributed by atoms with Gasteiger partial charge in [-0.05, 0) is 48.4 Å². The van der Waals surface area contributed by atoms with Gasteiger partial charge in [0, 0.05) is 18.7 Å². The van der Waals surface area contributed by atoms with E-state index in [2.05, 4.69) is 5.32 Å². The van der Waals surface area contributed by atoms with E-state index in [-0.39, 0.29) is 31.3 Å². The van der Waals surface area contributed by atoms with Crippen molar-refractivity contribution in [1.29, 1.82) is 0 Å². The molecule has 2 amide bonds. The van der Waals surface area contributed by atoms with Gasteiger partial charge < -0.3 is 29.2 Å². The molecule has 0 bridgehead atoms. The molecule has 0 spiro atoms. The van der Waals surface area contributed by atoms with Gasteiger partial charge >= 0.3 is 0 Å². The maximum atomic E-state index is 13.5. The van der Waals surface area contributed by atoms with Crippen molar-refractivity contribution in [2.75, 3.05) is 28.4 Å². The van der Waals surface area contributed by atoms with Crippen LogP contribution in [0.4, 0.5) is 0 Å². The Morgan fingerprint density at radius 3 is 2.08 bits per heavy atom. The van der Waals surface area contributed by atoms with Crippen molar-refractivity contribution < 1.29 is 28.5 Å². The predicted molar refractivity (Wildman–Crippen MR) is 141 cm³/mol. The number of carbonyl (C=O) groups is 2. The van der Waals surface area contributed by atoms with E-state index < -0.39 is 6.04 Å². The minimum absolute atomic E-state index is 0.0979. The van der Waals surface area contributed by atoms with Gasteiger partial charge in [0.1, 0.15) is 17.5 Å². The largest absolute Gasteiger partial charge is 0.497 e. The van der Waals surface area contributed by atoms with Gasteiger partial charge in [-0.1, -0.05) is 36.4 Å². The summed E-state index contributed by atoms with van der Waals surface area (Å²) in [6.07, 6.45) is 0.0979. The third-order valence-corrected chi connectivity index (χ3v) is 6.13. The predicted octanol–water partition coefficient (Wildman–Crippen LogP) is 4.00. The first-order valence-electron chi connectivity index (χ1n) is 11.9. The van der Waals surface area contributed by atoms with Crippen molar-refractivity contribution >= 4 is 11.8 Å². The quantitative estimate of drug-likeness (QED) is 0.400. The van der Waals surface area contributed by atoms with E-state index in [4.69, 9.17) is 18.9 Å². The third-order valence-electron chi connectivity index (χ3n) is 6.13. The van der Waals surface area contributed by atoms with Crippen LogP contribution in [0, 0.1) is 0 Å². The molecule has 0 aliphatic heterocycles. The van der Waals surface area contributed by atoms with Gasteiger partial charge in [-0.25, -0.2) is 0 Å². The summed E-state index contributed by atoms with van der Waals surface area (Å²) in [5.74, 6) is 2.07. The van der Waals surface area contributed by atoms with Crippen LogP contribution >= 0.6 is 0 Å². The number of hydrogen-bond donors (Lipinski definition) is 1. The molecule has 1 N–H and O–H groups in total. The Kier molecular flexibility index (Phi) is 9.77. The zero-order chi connectivity index (χ0) is 26.8. The molecule has 8 nitrogen and oxygen atoms in total. The van der Waals surface area contributed by atoms with E-state index in [0.717, 1.165) is 22.4 Å². The molecule has 0 aliphatic carbocycles. The molecule has 0 heterocycles. The van der Waals surface area contributed by atoms with Crippen molar-refractivity contribution in [2.45, 2.75) is 32.5 Å². The molecule has 3 aromatic rings. The van der Waals surface area contributed by atoms with Crippen LogP contribution in [-0.2, 0) is 29.1 Å². The second-order valence-corrected chi connectivity index (χ2v) is 8.44. The number of benzene rings is 3. The average Bonchev–Trinajstić information content (AvgIpc) is 2.94. The number of methoxy groups -OCH3 is 4. The van der Waals surface area contributed by atoms with Crippen molar-refractivity contribution in [3.8, 4) is 23.0 Å². The summed E-state index contributed by atoms with van der Waals surface area (Å²) in [5, 5.41) is 2.94. The highest BCUT2D eigenvalue weighted by molar-refractivity contribution is 5.88. The van der Waals surface area contributed by atoms with Gasteiger partial charge in [0.15, 0.2) is 11.5 Å². The molecule has 0 radical (unpaired) electrons. The van der Waals surface area contributed by atoms with Crippen LogP contribution in [0.1, 0.15) is 23.6 Å². The number of rotatable bonds is 12. The van der Waals surface area contributed by atoms with Crippen molar-refractivity contribution in [3.63, 3.8) is 0 Å². The van der Waals surface area contributed by atoms with Crippen LogP contribution in [0.3, 0.4) is 0 Å². The van der Waals surface area contributed by atoms with Crippen molar-refractivity contribution in [1.82, 2.24) is 10.2 Å². The molecule has 0 fully saturated rings. The van der Waals surface area contributed by atoms with Gasteiger partial charge in [-0.2, -0.15) is 0 Å². The number of amides is 2. The number of hydrogen-bond acceptors (Lipinski definition) is 6. The Morgan fingerprint density at radius 2 is 1.43 bits per heavy atom. The van der Waals surface area contributed by atoms with E-state index in [1.807, 2.05) is 54.6 Å². The lowest BCUT2D eigenvalue weighted by molar-refractivity contribution is -0.140. The summed E-state index contributed by atoms with van der Waals surface area (Å²) in [6, 6.07) is 19.6. The van der Waals surface area contributed by atoms with E-state index >= 15 is 0 Å². The maximum Gasteiger partial charge on any atom is 0.242 e. The van der Waals surface area contributed by atoms with Crippen molar-refractivity contribution in [2.24, 2.45) is 0 Å². The Balaban J connectivity index is 1.80. The zero-order valence-electron chi connectivity index (χ0n) is 21.9. The highest BCUT2D eigenvalue weighted by Crippen LogP contribution is 2.28. The smallest absolute Gasteiger partial charge is 0.242 e. The Morgan fingerprint density at radius 1 is 0.784 bits per heavy atom. The molecule has 0 saturated carbocycles. The van der Waals surface area contributed by atoms with Crippen LogP contribution in [0.25, 0.3) is 0 Å². The molecule has 37 heavy (non-hydrogen) atoms. The molecule has 3 aromatic carbocycles. The monoisotopic (exact) mass is 506 g/mol. The van der Waals surface area contributed by atoms with E-state index in [0.29, 0.717) is 17.2 Å². The fraction of sp³-hybridized carbons (Fsp3) is 0.310. The van der Waals surface area contributed by atoms with E-state index in [1.54, 1.807) is 52.4 Å². The fourth-order valence-electron chi connectivity index (χ4n) is 3.96. The van der Waals surface area contributed by atoms with Crippen LogP contribution in [-0.4, -0.2) is 51.2 Å². The number of carbonyl (C=O) groups excluding carboxylic acids is 2. The van der Waals surface area contributed by atoms with Gasteiger partial charge in [-0.3, -0.25) is 9.59 Å². The molecule has 3 rings (SSSR count). The zero-order valence-corrected chi connectivity index (χ0v) is 21.9. The molecule has 8 heteroatoms. The molecule has 0 aliphatic rings. The molecular formula is C29H34N2O6. The molecule has 0 aromatic heterocycles. The van der Waals surface area contributed by atoms with Crippen LogP contribution in [0.2, 0.25) is 0 Å². The van der Waals surface area contributed by atoms with Crippen molar-refractivity contribution in [3.05, 3.63) is 83.4 Å². The summed E-state index contributed by atoms with van der Waals surface area (Å²) in [4.78, 5) is 28.3. The first-order chi connectivity index (χ1) is 17.9. The van der Waals surface area contributed by atoms with Crippen LogP contribution < -0.4 is 24.3 Å². The van der Waals surface area contributed by atoms with Gasteiger partial charge in [0.05, 0.1) is 34.9 Å². The minimum Gasteiger partial charge on any atom is -0.497 e. The summed E-state index contributed by atoms with van der Waals surface area (Å²) in [6.45, 7) is 2.28. The number of nitrogens with one attached hydrogen (secondary N) is 1. The number of nitrogens with zero attached hydrogens (tertiary/aromatic N) is 1. The van der Waals surface area contributed by atoms with Gasteiger partial charge in [0.2, 0.25) is 11.8 Å². The lowest BCUT2D eigenvalue weighted by Gasteiger charge is -2.29. The number of ether oxygens (including phenoxy) is 4. The Hall–Kier alpha value is -4.20. The summed E-state index contributed by atoms with van der Waals surface area (Å²) in [7, 11) is 6.30. The molecule has 1 unspecified atom stereocenters. The topological polar surface area (TPSA) is 86.3 Å². The van der Waals surface area contributed by atoms with Gasteiger partial charge in [-0.15, -0.1) is 0 Å². The average molecular weight is 507 g/mol. The summed E-state index contributed by atoms with van der Waals surface area (Å²) < 4.78 is 21.3. The lowest BCUT2D eigenvalue weighted by atomic mass is 10.1. The standard InChI is InChI=1S/C29H34N2O6/c1-20(29(33)30-18-23-8-6-7-9-25(23)35-3)31(19-21-10-13-24(34-2)14-11-21)28(32)17-22-12-15-26(36-4)27(16-22)37-5/h6-16,20H,17-19H2,1-5H3,(H,30,33). The molecular weight excluding hydrogens is 472 g/mol. The highest BCUT2D eigenvalue weighted by atomic mass is 16.5. The second kappa shape index (κ2) is 13.2. The third kappa shape index (κ3) is 7.16. The number of para-hydroxylation sites is 1. The van der Waals surface area contributed by atoms with Gasteiger partial charge in [0.25, 0.3) is 0 Å². The Labute approximate surface area is 218 Å². The molecule has 1 atom stereocenters. The fourth-order valence-corrected chi connectivity index (χ4v) is 3.96. The minimum atomic E-state index is -0.718. The van der Waals surface area contributed by atoms with Crippen LogP contribution in [0.15, 0.2) is 66.7 Å². The van der Waals surface area contributed by atoms with Crippen LogP contribution in [0.5, 0.6) is 23.0 Å². The normalized spacial score (nSPS) is 11.3. The van der Waals surface area contributed by atoms with E-state index in [1.165, 1.54) is 0 Å². The second-order valence-electron chi connectivity index (χ2n) is 8.44. The maximum absolute atomic E-state index is 13.5. The first kappa shape index (κ1) is 27.4. The highest BCUT2D eigenvalue weighted by Gasteiger charge is 2.26. The summed E-state index contributed by atoms with van der Waals surface area (Å²) >= 11 is 0. The lowest BCUT2D eigenvalue weighted by Crippen LogP contribution is -2.48. The molecule has 0 saturated heterocycles.